The summed E-state index contributed by atoms with van der Waals surface area (Å²) in [6, 6.07) is 3.10. The number of benzene rings is 1. The Morgan fingerprint density at radius 3 is 2.26 bits per heavy atom. The van der Waals surface area contributed by atoms with Gasteiger partial charge in [-0.3, -0.25) is 10.1 Å². The molecule has 0 aliphatic heterocycles. The zero-order valence-electron chi connectivity index (χ0n) is 11.5. The van der Waals surface area contributed by atoms with Crippen molar-refractivity contribution in [2.24, 2.45) is 0 Å². The summed E-state index contributed by atoms with van der Waals surface area (Å²) in [5.41, 5.74) is 0.703. The molecule has 0 aromatic heterocycles. The molecule has 0 saturated carbocycles. The molecule has 6 heteroatoms. The maximum atomic E-state index is 11.2. The molecule has 0 N–H and O–H groups in total. The van der Waals surface area contributed by atoms with E-state index in [1.807, 2.05) is 13.8 Å². The van der Waals surface area contributed by atoms with Crippen LogP contribution in [0.2, 0.25) is 0 Å². The van der Waals surface area contributed by atoms with Crippen LogP contribution < -0.4 is 9.47 Å². The van der Waals surface area contributed by atoms with Gasteiger partial charge in [0, 0.05) is 16.3 Å². The van der Waals surface area contributed by atoms with Gasteiger partial charge >= 0.3 is 0 Å². The molecule has 0 heterocycles. The third kappa shape index (κ3) is 3.37. The SMILES string of the molecule is CCC(Br)C(C)c1cc(OC)c(OC)cc1[N+](=O)[O-]. The number of hydrogen-bond acceptors (Lipinski definition) is 4. The normalized spacial score (nSPS) is 13.7. The van der Waals surface area contributed by atoms with Gasteiger partial charge in [-0.1, -0.05) is 29.8 Å². The van der Waals surface area contributed by atoms with Gasteiger partial charge in [-0.25, -0.2) is 0 Å². The van der Waals surface area contributed by atoms with Crippen molar-refractivity contribution in [3.05, 3.63) is 27.8 Å². The number of ether oxygens (including phenoxy) is 2. The fourth-order valence-electron chi connectivity index (χ4n) is 1.96. The molecule has 1 aromatic rings. The molecule has 0 radical (unpaired) electrons. The van der Waals surface area contributed by atoms with Crippen molar-refractivity contribution in [2.45, 2.75) is 31.0 Å². The molecular formula is C13H18BrNO4. The quantitative estimate of drug-likeness (QED) is 0.450. The summed E-state index contributed by atoms with van der Waals surface area (Å²) in [5, 5.41) is 11.2. The van der Waals surface area contributed by atoms with Crippen molar-refractivity contribution in [2.75, 3.05) is 14.2 Å². The summed E-state index contributed by atoms with van der Waals surface area (Å²) < 4.78 is 10.3. The zero-order valence-corrected chi connectivity index (χ0v) is 13.1. The molecule has 0 aliphatic rings. The minimum Gasteiger partial charge on any atom is -0.493 e. The van der Waals surface area contributed by atoms with E-state index in [0.717, 1.165) is 6.42 Å². The van der Waals surface area contributed by atoms with E-state index >= 15 is 0 Å². The van der Waals surface area contributed by atoms with Gasteiger partial charge in [0.2, 0.25) is 0 Å². The fraction of sp³-hybridized carbons (Fsp3) is 0.538. The molecule has 2 atom stereocenters. The number of alkyl halides is 1. The first kappa shape index (κ1) is 15.8. The van der Waals surface area contributed by atoms with Gasteiger partial charge in [0.15, 0.2) is 11.5 Å². The second kappa shape index (κ2) is 6.75. The van der Waals surface area contributed by atoms with Gasteiger partial charge in [0.25, 0.3) is 5.69 Å². The summed E-state index contributed by atoms with van der Waals surface area (Å²) in [6.45, 7) is 3.99. The molecule has 1 aromatic carbocycles. The van der Waals surface area contributed by atoms with Crippen molar-refractivity contribution in [3.8, 4) is 11.5 Å². The zero-order chi connectivity index (χ0) is 14.6. The lowest BCUT2D eigenvalue weighted by Gasteiger charge is -2.19. The molecule has 106 valence electrons. The highest BCUT2D eigenvalue weighted by atomic mass is 79.9. The van der Waals surface area contributed by atoms with E-state index < -0.39 is 0 Å². The Bertz CT molecular complexity index is 464. The first-order valence-electron chi connectivity index (χ1n) is 6.00. The number of hydrogen-bond donors (Lipinski definition) is 0. The Hall–Kier alpha value is -1.30. The molecule has 0 aliphatic carbocycles. The van der Waals surface area contributed by atoms with Crippen LogP contribution >= 0.6 is 15.9 Å². The molecule has 19 heavy (non-hydrogen) atoms. The lowest BCUT2D eigenvalue weighted by molar-refractivity contribution is -0.385. The van der Waals surface area contributed by atoms with Crippen molar-refractivity contribution in [1.29, 1.82) is 0 Å². The smallest absolute Gasteiger partial charge is 0.276 e. The Morgan fingerprint density at radius 1 is 1.32 bits per heavy atom. The number of rotatable bonds is 6. The Kier molecular flexibility index (Phi) is 5.60. The second-order valence-corrected chi connectivity index (χ2v) is 5.41. The standard InChI is InChI=1S/C13H18BrNO4/c1-5-10(14)8(2)9-6-12(18-3)13(19-4)7-11(9)15(16)17/h6-8,10H,5H2,1-4H3. The van der Waals surface area contributed by atoms with Gasteiger partial charge in [-0.2, -0.15) is 0 Å². The first-order chi connectivity index (χ1) is 8.96. The molecule has 0 bridgehead atoms. The summed E-state index contributed by atoms with van der Waals surface area (Å²) in [5.74, 6) is 0.878. The molecule has 0 saturated heterocycles. The highest BCUT2D eigenvalue weighted by Gasteiger charge is 2.26. The average Bonchev–Trinajstić information content (AvgIpc) is 2.43. The monoisotopic (exact) mass is 331 g/mol. The van der Waals surface area contributed by atoms with Crippen LogP contribution in [-0.2, 0) is 0 Å². The van der Waals surface area contributed by atoms with Crippen LogP contribution in [0.15, 0.2) is 12.1 Å². The highest BCUT2D eigenvalue weighted by molar-refractivity contribution is 9.09. The van der Waals surface area contributed by atoms with Gasteiger partial charge in [-0.15, -0.1) is 0 Å². The molecule has 0 spiro atoms. The van der Waals surface area contributed by atoms with E-state index in [0.29, 0.717) is 17.1 Å². The third-order valence-electron chi connectivity index (χ3n) is 3.15. The molecule has 0 fully saturated rings. The van der Waals surface area contributed by atoms with Gasteiger partial charge in [0.1, 0.15) is 0 Å². The van der Waals surface area contributed by atoms with Crippen LogP contribution in [0.4, 0.5) is 5.69 Å². The lowest BCUT2D eigenvalue weighted by Crippen LogP contribution is -2.10. The second-order valence-electron chi connectivity index (χ2n) is 4.24. The van der Waals surface area contributed by atoms with E-state index in [1.165, 1.54) is 20.3 Å². The summed E-state index contributed by atoms with van der Waals surface area (Å²) in [7, 11) is 2.98. The maximum Gasteiger partial charge on any atom is 0.276 e. The van der Waals surface area contributed by atoms with E-state index in [-0.39, 0.29) is 21.4 Å². The van der Waals surface area contributed by atoms with Crippen LogP contribution in [0.1, 0.15) is 31.7 Å². The van der Waals surface area contributed by atoms with Crippen LogP contribution in [0, 0.1) is 10.1 Å². The first-order valence-corrected chi connectivity index (χ1v) is 6.92. The van der Waals surface area contributed by atoms with Crippen molar-refractivity contribution >= 4 is 21.6 Å². The molecule has 2 unspecified atom stereocenters. The predicted octanol–water partition coefficient (Wildman–Crippen LogP) is 3.89. The van der Waals surface area contributed by atoms with Gasteiger partial charge in [0.05, 0.1) is 25.2 Å². The van der Waals surface area contributed by atoms with Crippen LogP contribution in [-0.4, -0.2) is 24.0 Å². The van der Waals surface area contributed by atoms with Crippen LogP contribution in [0.5, 0.6) is 11.5 Å². The molecule has 0 amide bonds. The summed E-state index contributed by atoms with van der Waals surface area (Å²) in [6.07, 6.45) is 0.882. The number of nitro groups is 1. The number of nitro benzene ring substituents is 1. The summed E-state index contributed by atoms with van der Waals surface area (Å²) in [4.78, 5) is 11.0. The Morgan fingerprint density at radius 2 is 1.84 bits per heavy atom. The predicted molar refractivity (Wildman–Crippen MR) is 77.6 cm³/mol. The molecule has 1 rings (SSSR count). The van der Waals surface area contributed by atoms with E-state index in [9.17, 15) is 10.1 Å². The van der Waals surface area contributed by atoms with Crippen LogP contribution in [0.25, 0.3) is 0 Å². The number of halogens is 1. The van der Waals surface area contributed by atoms with Crippen molar-refractivity contribution in [1.82, 2.24) is 0 Å². The number of methoxy groups -OCH3 is 2. The van der Waals surface area contributed by atoms with Crippen molar-refractivity contribution < 1.29 is 14.4 Å². The highest BCUT2D eigenvalue weighted by Crippen LogP contribution is 2.40. The topological polar surface area (TPSA) is 61.6 Å². The minimum absolute atomic E-state index is 0.00482. The average molecular weight is 332 g/mol. The van der Waals surface area contributed by atoms with Gasteiger partial charge < -0.3 is 9.47 Å². The summed E-state index contributed by atoms with van der Waals surface area (Å²) >= 11 is 3.55. The van der Waals surface area contributed by atoms with Crippen LogP contribution in [0.3, 0.4) is 0 Å². The fourth-order valence-corrected chi connectivity index (χ4v) is 2.24. The largest absolute Gasteiger partial charge is 0.493 e. The third-order valence-corrected chi connectivity index (χ3v) is 4.59. The van der Waals surface area contributed by atoms with E-state index in [1.54, 1.807) is 6.07 Å². The minimum atomic E-state index is -0.386. The van der Waals surface area contributed by atoms with E-state index in [2.05, 4.69) is 15.9 Å². The molecular weight excluding hydrogens is 314 g/mol. The van der Waals surface area contributed by atoms with E-state index in [4.69, 9.17) is 9.47 Å². The molecule has 5 nitrogen and oxygen atoms in total. The van der Waals surface area contributed by atoms with Gasteiger partial charge in [-0.05, 0) is 12.5 Å². The maximum absolute atomic E-state index is 11.2. The van der Waals surface area contributed by atoms with Crippen molar-refractivity contribution in [3.63, 3.8) is 0 Å². The Balaban J connectivity index is 3.39. The lowest BCUT2D eigenvalue weighted by atomic mass is 9.94. The number of nitrogens with zero attached hydrogens (tertiary/aromatic N) is 1. The Labute approximate surface area is 121 Å².